The first-order valence-corrected chi connectivity index (χ1v) is 13.2. The molecule has 1 saturated heterocycles. The number of hydrogen-bond acceptors (Lipinski definition) is 9. The molecule has 1 aliphatic heterocycles. The number of hydrogen-bond donors (Lipinski definition) is 1. The van der Waals surface area contributed by atoms with Crippen LogP contribution in [0.5, 0.6) is 17.2 Å². The lowest BCUT2D eigenvalue weighted by Crippen LogP contribution is -2.29. The van der Waals surface area contributed by atoms with Gasteiger partial charge in [0, 0.05) is 5.56 Å². The molecule has 2 aromatic carbocycles. The van der Waals surface area contributed by atoms with Gasteiger partial charge >= 0.3 is 5.91 Å². The number of benzene rings is 2. The first kappa shape index (κ1) is 27.1. The van der Waals surface area contributed by atoms with Gasteiger partial charge in [-0.05, 0) is 68.1 Å². The van der Waals surface area contributed by atoms with Crippen molar-refractivity contribution in [3.8, 4) is 17.2 Å². The Hall–Kier alpha value is -3.92. The second kappa shape index (κ2) is 11.6. The van der Waals surface area contributed by atoms with E-state index in [4.69, 9.17) is 14.2 Å². The van der Waals surface area contributed by atoms with Gasteiger partial charge in [0.15, 0.2) is 11.5 Å². The molecule has 1 aliphatic rings. The number of amides is 1. The van der Waals surface area contributed by atoms with Crippen molar-refractivity contribution in [1.29, 1.82) is 0 Å². The molecule has 0 radical (unpaired) electrons. The summed E-state index contributed by atoms with van der Waals surface area (Å²) in [5, 5.41) is 20.4. The molecule has 0 saturated carbocycles. The minimum absolute atomic E-state index is 0.0519. The zero-order valence-electron chi connectivity index (χ0n) is 22.1. The van der Waals surface area contributed by atoms with Gasteiger partial charge in [0.1, 0.15) is 16.5 Å². The molecule has 3 aromatic rings. The number of aliphatic hydroxyl groups excluding tert-OH is 1. The van der Waals surface area contributed by atoms with Gasteiger partial charge in [-0.1, -0.05) is 31.3 Å². The Morgan fingerprint density at radius 3 is 2.42 bits per heavy atom. The van der Waals surface area contributed by atoms with Crippen LogP contribution in [0.4, 0.5) is 5.13 Å². The number of aromatic nitrogens is 2. The van der Waals surface area contributed by atoms with E-state index < -0.39 is 17.7 Å². The largest absolute Gasteiger partial charge is 0.507 e. The van der Waals surface area contributed by atoms with Crippen LogP contribution in [0.1, 0.15) is 49.4 Å². The highest BCUT2D eigenvalue weighted by Crippen LogP contribution is 2.45. The highest BCUT2D eigenvalue weighted by atomic mass is 32.1. The first-order chi connectivity index (χ1) is 18.2. The standard InChI is InChI=1S/C28H31N3O6S/c1-6-36-22-15-19(9-12-21(22)37-14-13-16(2)3)24-23(25(32)18-7-10-20(35-5)11-8-18)26(33)27(34)31(24)28-30-29-17(4)38-28/h7-12,15-16,24,32H,6,13-14H2,1-5H3. The summed E-state index contributed by atoms with van der Waals surface area (Å²) in [6.45, 7) is 8.79. The van der Waals surface area contributed by atoms with Crippen molar-refractivity contribution in [3.05, 3.63) is 64.2 Å². The van der Waals surface area contributed by atoms with Crippen LogP contribution in [0.2, 0.25) is 0 Å². The fourth-order valence-corrected chi connectivity index (χ4v) is 4.83. The van der Waals surface area contributed by atoms with Crippen molar-refractivity contribution < 1.29 is 28.9 Å². The molecule has 200 valence electrons. The summed E-state index contributed by atoms with van der Waals surface area (Å²) in [5.41, 5.74) is 0.886. The number of ketones is 1. The summed E-state index contributed by atoms with van der Waals surface area (Å²) >= 11 is 1.19. The van der Waals surface area contributed by atoms with Gasteiger partial charge < -0.3 is 19.3 Å². The van der Waals surface area contributed by atoms with Crippen molar-refractivity contribution >= 4 is 33.9 Å². The normalized spacial score (nSPS) is 16.8. The Balaban J connectivity index is 1.85. The van der Waals surface area contributed by atoms with Crippen LogP contribution < -0.4 is 19.1 Å². The Labute approximate surface area is 225 Å². The number of anilines is 1. The molecule has 1 N–H and O–H groups in total. The van der Waals surface area contributed by atoms with Crippen molar-refractivity contribution in [1.82, 2.24) is 10.2 Å². The second-order valence-electron chi connectivity index (χ2n) is 9.17. The van der Waals surface area contributed by atoms with Gasteiger partial charge in [-0.2, -0.15) is 0 Å². The quantitative estimate of drug-likeness (QED) is 0.211. The molecule has 1 unspecified atom stereocenters. The summed E-state index contributed by atoms with van der Waals surface area (Å²) in [6.07, 6.45) is 0.881. The maximum Gasteiger partial charge on any atom is 0.301 e. The van der Waals surface area contributed by atoms with Crippen molar-refractivity contribution in [3.63, 3.8) is 0 Å². The van der Waals surface area contributed by atoms with E-state index in [9.17, 15) is 14.7 Å². The van der Waals surface area contributed by atoms with Crippen LogP contribution in [0.3, 0.4) is 0 Å². The summed E-state index contributed by atoms with van der Waals surface area (Å²) in [7, 11) is 1.54. The minimum atomic E-state index is -0.951. The van der Waals surface area contributed by atoms with E-state index in [2.05, 4.69) is 24.0 Å². The maximum atomic E-state index is 13.4. The predicted octanol–water partition coefficient (Wildman–Crippen LogP) is 5.31. The topological polar surface area (TPSA) is 111 Å². The van der Waals surface area contributed by atoms with Gasteiger partial charge in [0.05, 0.1) is 31.9 Å². The highest BCUT2D eigenvalue weighted by molar-refractivity contribution is 7.15. The summed E-state index contributed by atoms with van der Waals surface area (Å²) in [6, 6.07) is 10.9. The Morgan fingerprint density at radius 2 is 1.82 bits per heavy atom. The molecule has 38 heavy (non-hydrogen) atoms. The number of carbonyl (C=O) groups is 2. The number of carbonyl (C=O) groups excluding carboxylic acids is 2. The number of rotatable bonds is 10. The molecule has 0 spiro atoms. The van der Waals surface area contributed by atoms with E-state index in [1.807, 2.05) is 6.92 Å². The molecule has 1 aromatic heterocycles. The zero-order valence-corrected chi connectivity index (χ0v) is 22.9. The lowest BCUT2D eigenvalue weighted by atomic mass is 9.95. The van der Waals surface area contributed by atoms with Gasteiger partial charge in [0.2, 0.25) is 5.13 Å². The van der Waals surface area contributed by atoms with E-state index in [-0.39, 0.29) is 16.5 Å². The number of aryl methyl sites for hydroxylation is 1. The third kappa shape index (κ3) is 5.50. The molecule has 0 aliphatic carbocycles. The first-order valence-electron chi connectivity index (χ1n) is 12.4. The molecule has 0 bridgehead atoms. The smallest absolute Gasteiger partial charge is 0.301 e. The average molecular weight is 538 g/mol. The highest BCUT2D eigenvalue weighted by Gasteiger charge is 2.48. The van der Waals surface area contributed by atoms with E-state index in [0.29, 0.717) is 52.5 Å². The van der Waals surface area contributed by atoms with Gasteiger partial charge in [-0.25, -0.2) is 0 Å². The van der Waals surface area contributed by atoms with Crippen LogP contribution in [0.15, 0.2) is 48.0 Å². The van der Waals surface area contributed by atoms with Gasteiger partial charge in [-0.3, -0.25) is 14.5 Å². The fourth-order valence-electron chi connectivity index (χ4n) is 4.12. The molecule has 9 nitrogen and oxygen atoms in total. The molecular weight excluding hydrogens is 506 g/mol. The lowest BCUT2D eigenvalue weighted by molar-refractivity contribution is -0.132. The van der Waals surface area contributed by atoms with Gasteiger partial charge in [-0.15, -0.1) is 10.2 Å². The van der Waals surface area contributed by atoms with E-state index in [0.717, 1.165) is 6.42 Å². The Bertz CT molecular complexity index is 1350. The van der Waals surface area contributed by atoms with Crippen LogP contribution in [0, 0.1) is 12.8 Å². The van der Waals surface area contributed by atoms with Crippen molar-refractivity contribution in [2.45, 2.75) is 40.2 Å². The number of ether oxygens (including phenoxy) is 3. The molecule has 2 heterocycles. The van der Waals surface area contributed by atoms with E-state index >= 15 is 0 Å². The molecule has 1 amide bonds. The number of nitrogens with zero attached hydrogens (tertiary/aromatic N) is 3. The number of methoxy groups -OCH3 is 1. The van der Waals surface area contributed by atoms with Crippen LogP contribution in [0.25, 0.3) is 5.76 Å². The monoisotopic (exact) mass is 537 g/mol. The van der Waals surface area contributed by atoms with Crippen molar-refractivity contribution in [2.24, 2.45) is 5.92 Å². The van der Waals surface area contributed by atoms with Crippen LogP contribution in [-0.4, -0.2) is 47.3 Å². The maximum absolute atomic E-state index is 13.4. The third-order valence-electron chi connectivity index (χ3n) is 6.07. The van der Waals surface area contributed by atoms with Gasteiger partial charge in [0.25, 0.3) is 5.78 Å². The fraction of sp³-hybridized carbons (Fsp3) is 0.357. The Morgan fingerprint density at radius 1 is 1.08 bits per heavy atom. The molecule has 4 rings (SSSR count). The molecule has 10 heteroatoms. The second-order valence-corrected chi connectivity index (χ2v) is 10.3. The average Bonchev–Trinajstić information content (AvgIpc) is 3.44. The van der Waals surface area contributed by atoms with E-state index in [1.54, 1.807) is 49.4 Å². The third-order valence-corrected chi connectivity index (χ3v) is 6.90. The SMILES string of the molecule is CCOc1cc(C2C(=C(O)c3ccc(OC)cc3)C(=O)C(=O)N2c2nnc(C)s2)ccc1OCCC(C)C. The minimum Gasteiger partial charge on any atom is -0.507 e. The van der Waals surface area contributed by atoms with Crippen LogP contribution >= 0.6 is 11.3 Å². The lowest BCUT2D eigenvalue weighted by Gasteiger charge is -2.24. The molecule has 1 atom stereocenters. The summed E-state index contributed by atoms with van der Waals surface area (Å²) < 4.78 is 17.0. The summed E-state index contributed by atoms with van der Waals surface area (Å²) in [5.74, 6) is 0.223. The van der Waals surface area contributed by atoms with E-state index in [1.165, 1.54) is 23.3 Å². The zero-order chi connectivity index (χ0) is 27.4. The number of Topliss-reactive ketones (excluding diaryl/α,β-unsaturated/α-hetero) is 1. The predicted molar refractivity (Wildman–Crippen MR) is 145 cm³/mol. The molecular formula is C28H31N3O6S. The number of aliphatic hydroxyl groups is 1. The summed E-state index contributed by atoms with van der Waals surface area (Å²) in [4.78, 5) is 28.0. The molecule has 1 fully saturated rings. The van der Waals surface area contributed by atoms with Crippen molar-refractivity contribution in [2.75, 3.05) is 25.2 Å². The van der Waals surface area contributed by atoms with Crippen LogP contribution in [-0.2, 0) is 9.59 Å². The Kier molecular flexibility index (Phi) is 8.31.